The number of thioether (sulfide) groups is 1. The molecule has 0 bridgehead atoms. The molecule has 100 valence electrons. The van der Waals surface area contributed by atoms with Crippen LogP contribution in [0.4, 0.5) is 8.78 Å². The fourth-order valence-electron chi connectivity index (χ4n) is 2.36. The molecule has 1 aliphatic carbocycles. The van der Waals surface area contributed by atoms with Gasteiger partial charge in [-0.1, -0.05) is 18.9 Å². The molecule has 0 aliphatic heterocycles. The van der Waals surface area contributed by atoms with Gasteiger partial charge in [-0.3, -0.25) is 0 Å². The number of hydrogen-bond acceptors (Lipinski definition) is 2. The van der Waals surface area contributed by atoms with Crippen LogP contribution in [0.3, 0.4) is 0 Å². The van der Waals surface area contributed by atoms with Crippen molar-refractivity contribution in [3.8, 4) is 0 Å². The van der Waals surface area contributed by atoms with Gasteiger partial charge in [0, 0.05) is 22.6 Å². The van der Waals surface area contributed by atoms with Crippen LogP contribution in [0, 0.1) is 11.6 Å². The van der Waals surface area contributed by atoms with Crippen LogP contribution in [-0.2, 0) is 6.42 Å². The van der Waals surface area contributed by atoms with Gasteiger partial charge in [-0.2, -0.15) is 11.8 Å². The summed E-state index contributed by atoms with van der Waals surface area (Å²) in [4.78, 5) is 0. The van der Waals surface area contributed by atoms with Crippen molar-refractivity contribution < 1.29 is 8.78 Å². The SMILES string of the molecule is NC(CSC1CCCC1)Cc1c(F)cccc1F. The maximum Gasteiger partial charge on any atom is 0.129 e. The summed E-state index contributed by atoms with van der Waals surface area (Å²) in [5.74, 6) is -0.203. The summed E-state index contributed by atoms with van der Waals surface area (Å²) < 4.78 is 26.9. The summed E-state index contributed by atoms with van der Waals surface area (Å²) in [5.41, 5.74) is 6.09. The van der Waals surface area contributed by atoms with Crippen molar-refractivity contribution in [3.63, 3.8) is 0 Å². The van der Waals surface area contributed by atoms with Gasteiger partial charge in [0.2, 0.25) is 0 Å². The minimum Gasteiger partial charge on any atom is -0.327 e. The Morgan fingerprint density at radius 2 is 1.83 bits per heavy atom. The molecule has 1 saturated carbocycles. The first-order valence-electron chi connectivity index (χ1n) is 6.47. The van der Waals surface area contributed by atoms with Crippen LogP contribution in [0.15, 0.2) is 18.2 Å². The molecule has 2 N–H and O–H groups in total. The number of nitrogens with two attached hydrogens (primary N) is 1. The average molecular weight is 271 g/mol. The van der Waals surface area contributed by atoms with E-state index in [9.17, 15) is 8.78 Å². The van der Waals surface area contributed by atoms with Crippen LogP contribution in [0.2, 0.25) is 0 Å². The molecule has 18 heavy (non-hydrogen) atoms. The Bertz CT molecular complexity index is 371. The predicted octanol–water partition coefficient (Wildman–Crippen LogP) is 3.51. The lowest BCUT2D eigenvalue weighted by molar-refractivity contribution is 0.543. The molecule has 1 aliphatic rings. The summed E-state index contributed by atoms with van der Waals surface area (Å²) in [6, 6.07) is 3.78. The Morgan fingerprint density at radius 3 is 2.44 bits per heavy atom. The zero-order valence-electron chi connectivity index (χ0n) is 10.4. The van der Waals surface area contributed by atoms with Crippen LogP contribution >= 0.6 is 11.8 Å². The summed E-state index contributed by atoms with van der Waals surface area (Å²) in [6.07, 6.45) is 5.39. The Labute approximate surface area is 111 Å². The van der Waals surface area contributed by atoms with Gasteiger partial charge in [0.05, 0.1) is 0 Å². The molecule has 2 rings (SSSR count). The van der Waals surface area contributed by atoms with Gasteiger partial charge in [0.1, 0.15) is 11.6 Å². The molecular formula is C14H19F2NS. The summed E-state index contributed by atoms with van der Waals surface area (Å²) in [5, 5.41) is 0.696. The lowest BCUT2D eigenvalue weighted by Crippen LogP contribution is -2.27. The first kappa shape index (κ1) is 13.8. The molecule has 1 aromatic carbocycles. The standard InChI is InChI=1S/C14H19F2NS/c15-13-6-3-7-14(16)12(13)8-10(17)9-18-11-4-1-2-5-11/h3,6-7,10-11H,1-2,4-5,8-9,17H2. The van der Waals surface area contributed by atoms with Crippen molar-refractivity contribution >= 4 is 11.8 Å². The van der Waals surface area contributed by atoms with E-state index in [1.165, 1.54) is 43.9 Å². The minimum absolute atomic E-state index is 0.122. The van der Waals surface area contributed by atoms with Gasteiger partial charge < -0.3 is 5.73 Å². The summed E-state index contributed by atoms with van der Waals surface area (Å²) in [7, 11) is 0. The second-order valence-electron chi connectivity index (χ2n) is 4.90. The largest absolute Gasteiger partial charge is 0.327 e. The molecule has 1 unspecified atom stereocenters. The van der Waals surface area contributed by atoms with Crippen LogP contribution in [0.25, 0.3) is 0 Å². The third-order valence-electron chi connectivity index (χ3n) is 3.38. The predicted molar refractivity (Wildman–Crippen MR) is 72.8 cm³/mol. The van der Waals surface area contributed by atoms with Crippen molar-refractivity contribution in [3.05, 3.63) is 35.4 Å². The van der Waals surface area contributed by atoms with Crippen molar-refractivity contribution in [1.29, 1.82) is 0 Å². The molecule has 0 amide bonds. The Hall–Kier alpha value is -0.610. The third kappa shape index (κ3) is 3.69. The van der Waals surface area contributed by atoms with Gasteiger partial charge in [0.15, 0.2) is 0 Å². The molecule has 0 heterocycles. The van der Waals surface area contributed by atoms with E-state index in [4.69, 9.17) is 5.73 Å². The monoisotopic (exact) mass is 271 g/mol. The quantitative estimate of drug-likeness (QED) is 0.887. The minimum atomic E-state index is -0.490. The van der Waals surface area contributed by atoms with Crippen molar-refractivity contribution in [2.45, 2.75) is 43.4 Å². The van der Waals surface area contributed by atoms with Gasteiger partial charge >= 0.3 is 0 Å². The third-order valence-corrected chi connectivity index (χ3v) is 4.94. The molecule has 1 aromatic rings. The Balaban J connectivity index is 1.84. The second kappa shape index (κ2) is 6.53. The lowest BCUT2D eigenvalue weighted by Gasteiger charge is -2.15. The zero-order chi connectivity index (χ0) is 13.0. The molecular weight excluding hydrogens is 252 g/mol. The Kier molecular flexibility index (Phi) is 5.01. The van der Waals surface area contributed by atoms with Gasteiger partial charge in [0.25, 0.3) is 0 Å². The van der Waals surface area contributed by atoms with E-state index in [2.05, 4.69) is 0 Å². The molecule has 1 nitrogen and oxygen atoms in total. The molecule has 0 spiro atoms. The van der Waals surface area contributed by atoms with Crippen molar-refractivity contribution in [1.82, 2.24) is 0 Å². The smallest absolute Gasteiger partial charge is 0.129 e. The fourth-order valence-corrected chi connectivity index (χ4v) is 3.67. The normalized spacial score (nSPS) is 18.2. The highest BCUT2D eigenvalue weighted by Gasteiger charge is 2.18. The van der Waals surface area contributed by atoms with E-state index >= 15 is 0 Å². The zero-order valence-corrected chi connectivity index (χ0v) is 11.2. The van der Waals surface area contributed by atoms with Gasteiger partial charge in [-0.15, -0.1) is 0 Å². The van der Waals surface area contributed by atoms with Crippen molar-refractivity contribution in [2.75, 3.05) is 5.75 Å². The highest BCUT2D eigenvalue weighted by molar-refractivity contribution is 7.99. The highest BCUT2D eigenvalue weighted by Crippen LogP contribution is 2.29. The van der Waals surface area contributed by atoms with Crippen molar-refractivity contribution in [2.24, 2.45) is 5.73 Å². The second-order valence-corrected chi connectivity index (χ2v) is 6.24. The van der Waals surface area contributed by atoms with Crippen LogP contribution in [0.5, 0.6) is 0 Å². The van der Waals surface area contributed by atoms with E-state index in [0.717, 1.165) is 5.75 Å². The van der Waals surface area contributed by atoms with E-state index in [0.29, 0.717) is 5.25 Å². The maximum absolute atomic E-state index is 13.4. The molecule has 0 aromatic heterocycles. The molecule has 1 fully saturated rings. The van der Waals surface area contributed by atoms with Crippen LogP contribution in [-0.4, -0.2) is 17.0 Å². The fraction of sp³-hybridized carbons (Fsp3) is 0.571. The van der Waals surface area contributed by atoms with E-state index in [1.807, 2.05) is 11.8 Å². The number of halogens is 2. The first-order valence-corrected chi connectivity index (χ1v) is 7.51. The highest BCUT2D eigenvalue weighted by atomic mass is 32.2. The molecule has 0 radical (unpaired) electrons. The van der Waals surface area contributed by atoms with Crippen LogP contribution < -0.4 is 5.73 Å². The number of benzene rings is 1. The summed E-state index contributed by atoms with van der Waals surface area (Å²) >= 11 is 1.85. The molecule has 1 atom stereocenters. The molecule has 4 heteroatoms. The Morgan fingerprint density at radius 1 is 1.22 bits per heavy atom. The number of rotatable bonds is 5. The number of hydrogen-bond donors (Lipinski definition) is 1. The molecule has 0 saturated heterocycles. The van der Waals surface area contributed by atoms with E-state index in [1.54, 1.807) is 0 Å². The van der Waals surface area contributed by atoms with E-state index < -0.39 is 11.6 Å². The van der Waals surface area contributed by atoms with Gasteiger partial charge in [-0.25, -0.2) is 8.78 Å². The maximum atomic E-state index is 13.4. The summed E-state index contributed by atoms with van der Waals surface area (Å²) in [6.45, 7) is 0. The first-order chi connectivity index (χ1) is 8.66. The van der Waals surface area contributed by atoms with Gasteiger partial charge in [-0.05, 0) is 31.4 Å². The lowest BCUT2D eigenvalue weighted by atomic mass is 10.1. The average Bonchev–Trinajstić information content (AvgIpc) is 2.84. The topological polar surface area (TPSA) is 26.0 Å². The van der Waals surface area contributed by atoms with Crippen LogP contribution in [0.1, 0.15) is 31.2 Å². The van der Waals surface area contributed by atoms with E-state index in [-0.39, 0.29) is 18.0 Å².